The number of ether oxygens (including phenoxy) is 1. The largest absolute Gasteiger partial charge is 0.490 e. The number of hydrogen-bond acceptors (Lipinski definition) is 6. The molecule has 1 fully saturated rings. The van der Waals surface area contributed by atoms with E-state index in [0.717, 1.165) is 16.0 Å². The number of fused-ring (bicyclic) bond motifs is 1. The van der Waals surface area contributed by atoms with Gasteiger partial charge in [0.15, 0.2) is 5.75 Å². The molecule has 1 saturated heterocycles. The Morgan fingerprint density at radius 3 is 2.69 bits per heavy atom. The summed E-state index contributed by atoms with van der Waals surface area (Å²) in [6.07, 6.45) is 1.50. The monoisotopic (exact) mass is 438 g/mol. The van der Waals surface area contributed by atoms with E-state index in [4.69, 9.17) is 4.74 Å². The minimum absolute atomic E-state index is 0.00860. The van der Waals surface area contributed by atoms with E-state index in [2.05, 4.69) is 10.6 Å². The van der Waals surface area contributed by atoms with Crippen LogP contribution < -0.4 is 15.4 Å². The van der Waals surface area contributed by atoms with Crippen LogP contribution >= 0.6 is 0 Å². The molecule has 0 radical (unpaired) electrons. The summed E-state index contributed by atoms with van der Waals surface area (Å²) in [6.45, 7) is 1.14. The molecule has 1 heterocycles. The van der Waals surface area contributed by atoms with Gasteiger partial charge in [0.05, 0.1) is 12.0 Å². The average Bonchev–Trinajstić information content (AvgIpc) is 2.98. The number of urea groups is 1. The van der Waals surface area contributed by atoms with Crippen molar-refractivity contribution in [1.82, 2.24) is 10.2 Å². The lowest BCUT2D eigenvalue weighted by molar-refractivity contribution is -0.385. The summed E-state index contributed by atoms with van der Waals surface area (Å²) in [5.41, 5.74) is 1.63. The van der Waals surface area contributed by atoms with Gasteiger partial charge in [-0.05, 0) is 36.5 Å². The third kappa shape index (κ3) is 3.64. The standard InChI is InChI=1S/C22H22N4O6/c1-13-9-17(26(30)31)18(32-2)10-16(13)23-19(27)12-25-20(28)22(24-21(25)29)8-7-14-5-3-4-6-15(14)11-22/h3-6,9-10H,7-8,11-12H2,1-2H3,(H,23,27)(H,24,29)/t22-/m0/s1. The molecule has 0 saturated carbocycles. The zero-order valence-electron chi connectivity index (χ0n) is 17.6. The fourth-order valence-corrected chi connectivity index (χ4v) is 4.29. The number of aryl methyl sites for hydroxylation is 2. The van der Waals surface area contributed by atoms with Gasteiger partial charge >= 0.3 is 11.7 Å². The van der Waals surface area contributed by atoms with Crippen LogP contribution in [0.3, 0.4) is 0 Å². The highest BCUT2D eigenvalue weighted by Crippen LogP contribution is 2.34. The number of methoxy groups -OCH3 is 1. The van der Waals surface area contributed by atoms with Crippen LogP contribution in [-0.2, 0) is 22.4 Å². The summed E-state index contributed by atoms with van der Waals surface area (Å²) >= 11 is 0. The third-order valence-electron chi connectivity index (χ3n) is 5.98. The number of amides is 4. The van der Waals surface area contributed by atoms with E-state index in [1.807, 2.05) is 24.3 Å². The third-order valence-corrected chi connectivity index (χ3v) is 5.98. The number of carbonyl (C=O) groups is 3. The van der Waals surface area contributed by atoms with Gasteiger partial charge in [0.2, 0.25) is 5.91 Å². The van der Waals surface area contributed by atoms with Gasteiger partial charge in [-0.1, -0.05) is 24.3 Å². The molecule has 2 aliphatic rings. The highest BCUT2D eigenvalue weighted by atomic mass is 16.6. The minimum atomic E-state index is -1.04. The molecule has 0 bridgehead atoms. The second kappa shape index (κ2) is 7.95. The number of nitrogens with zero attached hydrogens (tertiary/aromatic N) is 2. The first-order chi connectivity index (χ1) is 15.2. The first-order valence-corrected chi connectivity index (χ1v) is 10.1. The summed E-state index contributed by atoms with van der Waals surface area (Å²) < 4.78 is 5.03. The van der Waals surface area contributed by atoms with Gasteiger partial charge in [0, 0.05) is 24.2 Å². The van der Waals surface area contributed by atoms with Crippen LogP contribution in [-0.4, -0.2) is 46.9 Å². The van der Waals surface area contributed by atoms with E-state index in [0.29, 0.717) is 30.5 Å². The van der Waals surface area contributed by atoms with E-state index >= 15 is 0 Å². The molecule has 1 aliphatic heterocycles. The fraction of sp³-hybridized carbons (Fsp3) is 0.318. The molecule has 0 aromatic heterocycles. The van der Waals surface area contributed by atoms with Crippen molar-refractivity contribution in [2.24, 2.45) is 0 Å². The Bertz CT molecular complexity index is 1150. The molecule has 4 rings (SSSR count). The maximum atomic E-state index is 13.1. The van der Waals surface area contributed by atoms with Crippen LogP contribution in [0.25, 0.3) is 0 Å². The second-order valence-corrected chi connectivity index (χ2v) is 7.99. The molecule has 4 amide bonds. The number of nitro groups is 1. The Hall–Kier alpha value is -3.95. The molecule has 1 atom stereocenters. The van der Waals surface area contributed by atoms with Crippen LogP contribution in [0, 0.1) is 17.0 Å². The number of hydrogen-bond donors (Lipinski definition) is 2. The van der Waals surface area contributed by atoms with Crippen LogP contribution in [0.5, 0.6) is 5.75 Å². The van der Waals surface area contributed by atoms with Gasteiger partial charge in [0.1, 0.15) is 12.1 Å². The summed E-state index contributed by atoms with van der Waals surface area (Å²) in [7, 11) is 1.29. The van der Waals surface area contributed by atoms with E-state index < -0.39 is 34.9 Å². The smallest absolute Gasteiger partial charge is 0.325 e. The van der Waals surface area contributed by atoms with E-state index in [1.165, 1.54) is 19.2 Å². The predicted octanol–water partition coefficient (Wildman–Crippen LogP) is 2.33. The van der Waals surface area contributed by atoms with Gasteiger partial charge in [-0.2, -0.15) is 0 Å². The second-order valence-electron chi connectivity index (χ2n) is 7.99. The highest BCUT2D eigenvalue weighted by Gasteiger charge is 2.52. The Kier molecular flexibility index (Phi) is 5.29. The number of imide groups is 1. The summed E-state index contributed by atoms with van der Waals surface area (Å²) in [5, 5.41) is 16.5. The Balaban J connectivity index is 1.49. The van der Waals surface area contributed by atoms with Crippen molar-refractivity contribution in [2.75, 3.05) is 19.0 Å². The van der Waals surface area contributed by atoms with Gasteiger partial charge in [-0.25, -0.2) is 4.79 Å². The number of nitro benzene ring substituents is 1. The number of anilines is 1. The predicted molar refractivity (Wildman–Crippen MR) is 114 cm³/mol. The first kappa shape index (κ1) is 21.3. The summed E-state index contributed by atoms with van der Waals surface area (Å²) in [4.78, 5) is 49.8. The van der Waals surface area contributed by atoms with Crippen molar-refractivity contribution in [3.8, 4) is 5.75 Å². The minimum Gasteiger partial charge on any atom is -0.490 e. The molecule has 166 valence electrons. The van der Waals surface area contributed by atoms with Crippen LogP contribution in [0.15, 0.2) is 36.4 Å². The number of nitrogens with one attached hydrogen (secondary N) is 2. The normalized spacial score (nSPS) is 19.5. The molecule has 1 spiro atoms. The molecule has 10 heteroatoms. The van der Waals surface area contributed by atoms with E-state index in [9.17, 15) is 24.5 Å². The average molecular weight is 438 g/mol. The molecule has 10 nitrogen and oxygen atoms in total. The number of carbonyl (C=O) groups excluding carboxylic acids is 3. The van der Waals surface area contributed by atoms with E-state index in [-0.39, 0.29) is 11.4 Å². The van der Waals surface area contributed by atoms with Crippen molar-refractivity contribution < 1.29 is 24.0 Å². The molecular formula is C22H22N4O6. The fourth-order valence-electron chi connectivity index (χ4n) is 4.29. The SMILES string of the molecule is COc1cc(NC(=O)CN2C(=O)N[C@]3(CCc4ccccc4C3)C2=O)c(C)cc1[N+](=O)[O-]. The molecule has 2 aromatic carbocycles. The quantitative estimate of drug-likeness (QED) is 0.419. The van der Waals surface area contributed by atoms with Crippen molar-refractivity contribution in [3.05, 3.63) is 63.2 Å². The lowest BCUT2D eigenvalue weighted by Crippen LogP contribution is -2.51. The van der Waals surface area contributed by atoms with Gasteiger partial charge < -0.3 is 15.4 Å². The lowest BCUT2D eigenvalue weighted by atomic mass is 9.78. The van der Waals surface area contributed by atoms with Gasteiger partial charge in [-0.3, -0.25) is 24.6 Å². The van der Waals surface area contributed by atoms with E-state index in [1.54, 1.807) is 6.92 Å². The number of benzene rings is 2. The zero-order valence-corrected chi connectivity index (χ0v) is 17.6. The van der Waals surface area contributed by atoms with Crippen molar-refractivity contribution in [2.45, 2.75) is 31.7 Å². The zero-order chi connectivity index (χ0) is 23.0. The van der Waals surface area contributed by atoms with Crippen LogP contribution in [0.4, 0.5) is 16.2 Å². The molecule has 32 heavy (non-hydrogen) atoms. The van der Waals surface area contributed by atoms with Crippen molar-refractivity contribution >= 4 is 29.2 Å². The number of rotatable bonds is 5. The molecule has 2 aromatic rings. The Morgan fingerprint density at radius 1 is 1.28 bits per heavy atom. The molecule has 0 unspecified atom stereocenters. The van der Waals surface area contributed by atoms with Gasteiger partial charge in [0.25, 0.3) is 5.91 Å². The lowest BCUT2D eigenvalue weighted by Gasteiger charge is -2.32. The Morgan fingerprint density at radius 2 is 2.00 bits per heavy atom. The molecule has 1 aliphatic carbocycles. The van der Waals surface area contributed by atoms with Gasteiger partial charge in [-0.15, -0.1) is 0 Å². The first-order valence-electron chi connectivity index (χ1n) is 10.1. The Labute approximate surface area is 183 Å². The van der Waals surface area contributed by atoms with Crippen LogP contribution in [0.2, 0.25) is 0 Å². The summed E-state index contributed by atoms with van der Waals surface area (Å²) in [5.74, 6) is -1.03. The molecular weight excluding hydrogens is 416 g/mol. The topological polar surface area (TPSA) is 131 Å². The maximum absolute atomic E-state index is 13.1. The van der Waals surface area contributed by atoms with Crippen molar-refractivity contribution in [1.29, 1.82) is 0 Å². The van der Waals surface area contributed by atoms with Crippen LogP contribution in [0.1, 0.15) is 23.1 Å². The maximum Gasteiger partial charge on any atom is 0.325 e. The summed E-state index contributed by atoms with van der Waals surface area (Å²) in [6, 6.07) is 9.81. The highest BCUT2D eigenvalue weighted by molar-refractivity contribution is 6.10. The molecule has 2 N–H and O–H groups in total. The van der Waals surface area contributed by atoms with Crippen molar-refractivity contribution in [3.63, 3.8) is 0 Å².